The molecule has 0 bridgehead atoms. The Morgan fingerprint density at radius 2 is 2.10 bits per heavy atom. The number of hydrogen-bond acceptors (Lipinski definition) is 1. The van der Waals surface area contributed by atoms with Gasteiger partial charge in [-0.15, -0.1) is 11.3 Å². The zero-order valence-electron chi connectivity index (χ0n) is 5.69. The van der Waals surface area contributed by atoms with E-state index in [-0.39, 0.29) is 0 Å². The van der Waals surface area contributed by atoms with Gasteiger partial charge in [0.15, 0.2) is 0 Å². The summed E-state index contributed by atoms with van der Waals surface area (Å²) in [4.78, 5) is 1.52. The number of halogens is 1. The fourth-order valence-electron chi connectivity index (χ4n) is 1.45. The molecule has 1 heterocycles. The number of fused-ring (bicyclic) bond motifs is 1. The van der Waals surface area contributed by atoms with E-state index in [4.69, 9.17) is 11.6 Å². The molecule has 0 aromatic carbocycles. The van der Waals surface area contributed by atoms with E-state index in [0.29, 0.717) is 0 Å². The highest BCUT2D eigenvalue weighted by molar-refractivity contribution is 7.16. The third-order valence-electron chi connectivity index (χ3n) is 1.97. The van der Waals surface area contributed by atoms with Gasteiger partial charge in [-0.2, -0.15) is 0 Å². The molecule has 0 aliphatic heterocycles. The molecule has 1 aliphatic carbocycles. The third-order valence-corrected chi connectivity index (χ3v) is 3.33. The molecule has 0 atom stereocenters. The van der Waals surface area contributed by atoms with Crippen LogP contribution in [-0.4, -0.2) is 0 Å². The van der Waals surface area contributed by atoms with E-state index in [9.17, 15) is 0 Å². The van der Waals surface area contributed by atoms with Crippen LogP contribution in [0.15, 0.2) is 6.07 Å². The van der Waals surface area contributed by atoms with E-state index in [0.717, 1.165) is 4.34 Å². The Morgan fingerprint density at radius 1 is 1.30 bits per heavy atom. The van der Waals surface area contributed by atoms with Crippen molar-refractivity contribution < 1.29 is 0 Å². The van der Waals surface area contributed by atoms with Crippen molar-refractivity contribution in [2.75, 3.05) is 0 Å². The first-order valence-corrected chi connectivity index (χ1v) is 4.83. The molecule has 0 nitrogen and oxygen atoms in total. The lowest BCUT2D eigenvalue weighted by atomic mass is 10.00. The monoisotopic (exact) mass is 172 g/mol. The maximum atomic E-state index is 5.87. The largest absolute Gasteiger partial charge is 0.128 e. The smallest absolute Gasteiger partial charge is 0.0934 e. The van der Waals surface area contributed by atoms with Gasteiger partial charge < -0.3 is 0 Å². The minimum atomic E-state index is 0.965. The average Bonchev–Trinajstić information content (AvgIpc) is 2.27. The number of hydrogen-bond donors (Lipinski definition) is 0. The van der Waals surface area contributed by atoms with Crippen molar-refractivity contribution in [3.05, 3.63) is 20.8 Å². The van der Waals surface area contributed by atoms with Gasteiger partial charge in [0, 0.05) is 4.88 Å². The van der Waals surface area contributed by atoms with Crippen molar-refractivity contribution >= 4 is 22.9 Å². The predicted molar refractivity (Wildman–Crippen MR) is 46.0 cm³/mol. The first-order valence-electron chi connectivity index (χ1n) is 3.63. The zero-order valence-corrected chi connectivity index (χ0v) is 7.26. The minimum Gasteiger partial charge on any atom is -0.128 e. The van der Waals surface area contributed by atoms with Crippen molar-refractivity contribution in [1.82, 2.24) is 0 Å². The summed E-state index contributed by atoms with van der Waals surface area (Å²) in [6, 6.07) is 2.13. The lowest BCUT2D eigenvalue weighted by Gasteiger charge is -2.08. The predicted octanol–water partition coefficient (Wildman–Crippen LogP) is 3.28. The number of rotatable bonds is 0. The Labute approximate surface area is 69.8 Å². The second-order valence-electron chi connectivity index (χ2n) is 2.71. The SMILES string of the molecule is Clc1cc2c(s1)CCCC2. The highest BCUT2D eigenvalue weighted by Crippen LogP contribution is 2.32. The van der Waals surface area contributed by atoms with E-state index >= 15 is 0 Å². The van der Waals surface area contributed by atoms with Crippen molar-refractivity contribution in [2.45, 2.75) is 25.7 Å². The van der Waals surface area contributed by atoms with Gasteiger partial charge in [-0.3, -0.25) is 0 Å². The first kappa shape index (κ1) is 6.68. The molecular formula is C8H9ClS. The van der Waals surface area contributed by atoms with Gasteiger partial charge in [0.2, 0.25) is 0 Å². The highest BCUT2D eigenvalue weighted by atomic mass is 35.5. The fourth-order valence-corrected chi connectivity index (χ4v) is 2.84. The van der Waals surface area contributed by atoms with Crippen molar-refractivity contribution in [1.29, 1.82) is 0 Å². The number of aryl methyl sites for hydroxylation is 2. The van der Waals surface area contributed by atoms with Crippen LogP contribution in [0, 0.1) is 0 Å². The molecule has 0 amide bonds. The Morgan fingerprint density at radius 3 is 2.90 bits per heavy atom. The summed E-state index contributed by atoms with van der Waals surface area (Å²) in [5.74, 6) is 0. The molecule has 1 aliphatic rings. The van der Waals surface area contributed by atoms with Crippen LogP contribution in [0.1, 0.15) is 23.3 Å². The van der Waals surface area contributed by atoms with E-state index in [1.165, 1.54) is 36.1 Å². The maximum Gasteiger partial charge on any atom is 0.0934 e. The molecule has 54 valence electrons. The topological polar surface area (TPSA) is 0 Å². The Bertz CT molecular complexity index is 216. The summed E-state index contributed by atoms with van der Waals surface area (Å²) in [7, 11) is 0. The van der Waals surface area contributed by atoms with Crippen molar-refractivity contribution in [3.63, 3.8) is 0 Å². The lowest BCUT2D eigenvalue weighted by Crippen LogP contribution is -1.96. The Hall–Kier alpha value is -0.0100. The van der Waals surface area contributed by atoms with Crippen LogP contribution in [0.4, 0.5) is 0 Å². The summed E-state index contributed by atoms with van der Waals surface area (Å²) in [5.41, 5.74) is 1.50. The van der Waals surface area contributed by atoms with Gasteiger partial charge in [0.1, 0.15) is 0 Å². The molecule has 0 N–H and O–H groups in total. The quantitative estimate of drug-likeness (QED) is 0.564. The maximum absolute atomic E-state index is 5.87. The molecule has 2 rings (SSSR count). The van der Waals surface area contributed by atoms with Crippen LogP contribution in [0.3, 0.4) is 0 Å². The molecular weight excluding hydrogens is 164 g/mol. The second kappa shape index (κ2) is 2.55. The van der Waals surface area contributed by atoms with Gasteiger partial charge in [-0.05, 0) is 37.3 Å². The van der Waals surface area contributed by atoms with Crippen LogP contribution < -0.4 is 0 Å². The molecule has 0 radical (unpaired) electrons. The van der Waals surface area contributed by atoms with E-state index in [1.807, 2.05) is 0 Å². The minimum absolute atomic E-state index is 0.965. The molecule has 0 spiro atoms. The Kier molecular flexibility index (Phi) is 1.71. The summed E-state index contributed by atoms with van der Waals surface area (Å²) in [5, 5.41) is 0. The normalized spacial score (nSPS) is 16.9. The molecule has 0 saturated carbocycles. The van der Waals surface area contributed by atoms with Crippen LogP contribution in [0.2, 0.25) is 4.34 Å². The molecule has 1 aromatic heterocycles. The molecule has 0 unspecified atom stereocenters. The van der Waals surface area contributed by atoms with Crippen LogP contribution in [-0.2, 0) is 12.8 Å². The highest BCUT2D eigenvalue weighted by Gasteiger charge is 2.11. The summed E-state index contributed by atoms with van der Waals surface area (Å²) >= 11 is 7.62. The summed E-state index contributed by atoms with van der Waals surface area (Å²) in [6.45, 7) is 0. The Balaban J connectivity index is 2.41. The van der Waals surface area contributed by atoms with Gasteiger partial charge in [0.05, 0.1) is 4.34 Å². The fraction of sp³-hybridized carbons (Fsp3) is 0.500. The molecule has 0 saturated heterocycles. The van der Waals surface area contributed by atoms with Crippen molar-refractivity contribution in [2.24, 2.45) is 0 Å². The average molecular weight is 173 g/mol. The van der Waals surface area contributed by atoms with Crippen molar-refractivity contribution in [3.8, 4) is 0 Å². The van der Waals surface area contributed by atoms with Gasteiger partial charge >= 0.3 is 0 Å². The summed E-state index contributed by atoms with van der Waals surface area (Å²) < 4.78 is 0.965. The summed E-state index contributed by atoms with van der Waals surface area (Å²) in [6.07, 6.45) is 5.20. The van der Waals surface area contributed by atoms with E-state index in [2.05, 4.69) is 6.07 Å². The van der Waals surface area contributed by atoms with Gasteiger partial charge in [-0.25, -0.2) is 0 Å². The van der Waals surface area contributed by atoms with Crippen LogP contribution in [0.25, 0.3) is 0 Å². The van der Waals surface area contributed by atoms with Gasteiger partial charge in [-0.1, -0.05) is 11.6 Å². The van der Waals surface area contributed by atoms with Crippen LogP contribution >= 0.6 is 22.9 Å². The van der Waals surface area contributed by atoms with E-state index in [1.54, 1.807) is 11.3 Å². The zero-order chi connectivity index (χ0) is 6.97. The molecule has 2 heteroatoms. The van der Waals surface area contributed by atoms with Crippen LogP contribution in [0.5, 0.6) is 0 Å². The van der Waals surface area contributed by atoms with Gasteiger partial charge in [0.25, 0.3) is 0 Å². The molecule has 1 aromatic rings. The lowest BCUT2D eigenvalue weighted by molar-refractivity contribution is 0.697. The third kappa shape index (κ3) is 1.08. The second-order valence-corrected chi connectivity index (χ2v) is 4.47. The van der Waals surface area contributed by atoms with E-state index < -0.39 is 0 Å². The molecule has 0 fully saturated rings. The molecule has 10 heavy (non-hydrogen) atoms. The standard InChI is InChI=1S/C8H9ClS/c9-8-5-6-3-1-2-4-7(6)10-8/h5H,1-4H2. The number of thiophene rings is 1. The first-order chi connectivity index (χ1) is 4.86.